The molecule has 1 aromatic rings. The number of carbonyl (C=O) groups is 1. The maximum absolute atomic E-state index is 12.2. The smallest absolute Gasteiger partial charge is 0.313 e. The van der Waals surface area contributed by atoms with Gasteiger partial charge in [0.25, 0.3) is 0 Å². The molecule has 20 heavy (non-hydrogen) atoms. The Morgan fingerprint density at radius 3 is 2.70 bits per heavy atom. The minimum absolute atomic E-state index is 0.172. The van der Waals surface area contributed by atoms with Crippen LogP contribution < -0.4 is 5.73 Å². The number of nitrogen functional groups attached to an aromatic ring is 1. The van der Waals surface area contributed by atoms with E-state index in [1.807, 2.05) is 25.1 Å². The normalized spacial score (nSPS) is 12.2. The van der Waals surface area contributed by atoms with Crippen LogP contribution in [0.2, 0.25) is 0 Å². The van der Waals surface area contributed by atoms with Crippen molar-refractivity contribution in [2.75, 3.05) is 12.3 Å². The van der Waals surface area contributed by atoms with E-state index in [0.29, 0.717) is 12.3 Å². The summed E-state index contributed by atoms with van der Waals surface area (Å²) in [7, 11) is 0. The first kappa shape index (κ1) is 17.0. The molecule has 1 aromatic carbocycles. The highest BCUT2D eigenvalue weighted by molar-refractivity contribution is 9.10. The van der Waals surface area contributed by atoms with Gasteiger partial charge in [-0.1, -0.05) is 44.7 Å². The summed E-state index contributed by atoms with van der Waals surface area (Å²) >= 11 is 3.42. The van der Waals surface area contributed by atoms with Gasteiger partial charge in [0.05, 0.1) is 12.5 Å². The molecule has 1 atom stereocenters. The molecule has 0 heterocycles. The number of hydrogen-bond acceptors (Lipinski definition) is 3. The zero-order valence-electron chi connectivity index (χ0n) is 12.3. The molecule has 1 rings (SSSR count). The van der Waals surface area contributed by atoms with Crippen LogP contribution in [0.4, 0.5) is 5.69 Å². The Hall–Kier alpha value is -1.03. The summed E-state index contributed by atoms with van der Waals surface area (Å²) < 4.78 is 6.03. The Morgan fingerprint density at radius 1 is 1.30 bits per heavy atom. The van der Waals surface area contributed by atoms with Crippen LogP contribution >= 0.6 is 15.9 Å². The summed E-state index contributed by atoms with van der Waals surface area (Å²) in [5.41, 5.74) is 7.60. The second kappa shape index (κ2) is 9.01. The third-order valence-corrected chi connectivity index (χ3v) is 4.07. The molecule has 0 aliphatic carbocycles. The van der Waals surface area contributed by atoms with Gasteiger partial charge in [-0.15, -0.1) is 0 Å². The first-order valence-corrected chi connectivity index (χ1v) is 8.11. The van der Waals surface area contributed by atoms with Gasteiger partial charge in [-0.05, 0) is 40.9 Å². The number of halogens is 1. The van der Waals surface area contributed by atoms with E-state index in [-0.39, 0.29) is 11.9 Å². The number of esters is 1. The van der Waals surface area contributed by atoms with Crippen molar-refractivity contribution in [2.24, 2.45) is 0 Å². The lowest BCUT2D eigenvalue weighted by Gasteiger charge is -2.18. The highest BCUT2D eigenvalue weighted by Crippen LogP contribution is 2.33. The predicted molar refractivity (Wildman–Crippen MR) is 86.7 cm³/mol. The van der Waals surface area contributed by atoms with Gasteiger partial charge in [0.1, 0.15) is 0 Å². The molecule has 0 amide bonds. The third-order valence-electron chi connectivity index (χ3n) is 3.38. The van der Waals surface area contributed by atoms with Gasteiger partial charge in [-0.3, -0.25) is 4.79 Å². The van der Waals surface area contributed by atoms with Crippen LogP contribution in [0.25, 0.3) is 0 Å². The maximum atomic E-state index is 12.2. The largest absolute Gasteiger partial charge is 0.466 e. The Kier molecular flexibility index (Phi) is 7.67. The molecular weight excluding hydrogens is 318 g/mol. The molecule has 0 bridgehead atoms. The SMILES string of the molecule is CCCCCCC(C(=O)OCC)c1cccc(Br)c1N. The molecule has 0 aromatic heterocycles. The van der Waals surface area contributed by atoms with E-state index in [0.717, 1.165) is 29.3 Å². The Bertz CT molecular complexity index is 434. The van der Waals surface area contributed by atoms with Gasteiger partial charge < -0.3 is 10.5 Å². The Morgan fingerprint density at radius 2 is 2.05 bits per heavy atom. The lowest BCUT2D eigenvalue weighted by Crippen LogP contribution is -2.17. The monoisotopic (exact) mass is 341 g/mol. The van der Waals surface area contributed by atoms with Crippen LogP contribution in [-0.4, -0.2) is 12.6 Å². The summed E-state index contributed by atoms with van der Waals surface area (Å²) in [5.74, 6) is -0.432. The molecule has 0 aliphatic heterocycles. The van der Waals surface area contributed by atoms with Gasteiger partial charge in [-0.2, -0.15) is 0 Å². The molecular formula is C16H24BrNO2. The van der Waals surface area contributed by atoms with Gasteiger partial charge >= 0.3 is 5.97 Å². The number of para-hydroxylation sites is 1. The van der Waals surface area contributed by atoms with Gasteiger partial charge in [0.2, 0.25) is 0 Å². The quantitative estimate of drug-likeness (QED) is 0.425. The van der Waals surface area contributed by atoms with E-state index >= 15 is 0 Å². The van der Waals surface area contributed by atoms with E-state index in [1.54, 1.807) is 0 Å². The van der Waals surface area contributed by atoms with Gasteiger partial charge in [0, 0.05) is 10.2 Å². The van der Waals surface area contributed by atoms with Crippen molar-refractivity contribution in [2.45, 2.75) is 51.9 Å². The summed E-state index contributed by atoms with van der Waals surface area (Å²) in [5, 5.41) is 0. The van der Waals surface area contributed by atoms with Crippen molar-refractivity contribution in [3.05, 3.63) is 28.2 Å². The molecule has 2 N–H and O–H groups in total. The standard InChI is InChI=1S/C16H24BrNO2/c1-3-5-6-7-9-13(16(19)20-4-2)12-10-8-11-14(17)15(12)18/h8,10-11,13H,3-7,9,18H2,1-2H3. The number of unbranched alkanes of at least 4 members (excludes halogenated alkanes) is 3. The molecule has 1 unspecified atom stereocenters. The Balaban J connectivity index is 2.86. The number of hydrogen-bond donors (Lipinski definition) is 1. The van der Waals surface area contributed by atoms with Crippen LogP contribution in [0.15, 0.2) is 22.7 Å². The van der Waals surface area contributed by atoms with Crippen molar-refractivity contribution in [3.8, 4) is 0 Å². The van der Waals surface area contributed by atoms with Crippen LogP contribution in [0.3, 0.4) is 0 Å². The second-order valence-electron chi connectivity index (χ2n) is 4.90. The van der Waals surface area contributed by atoms with Crippen molar-refractivity contribution < 1.29 is 9.53 Å². The Labute approximate surface area is 130 Å². The van der Waals surface area contributed by atoms with Crippen LogP contribution in [0, 0.1) is 0 Å². The number of benzene rings is 1. The van der Waals surface area contributed by atoms with E-state index in [2.05, 4.69) is 22.9 Å². The van der Waals surface area contributed by atoms with Crippen LogP contribution in [0.1, 0.15) is 57.4 Å². The summed E-state index contributed by atoms with van der Waals surface area (Å²) in [6, 6.07) is 5.72. The highest BCUT2D eigenvalue weighted by atomic mass is 79.9. The predicted octanol–water partition coefficient (Wildman–Crippen LogP) is 4.65. The fraction of sp³-hybridized carbons (Fsp3) is 0.562. The number of anilines is 1. The summed E-state index contributed by atoms with van der Waals surface area (Å²) in [6.07, 6.45) is 5.33. The minimum atomic E-state index is -0.260. The lowest BCUT2D eigenvalue weighted by molar-refractivity contribution is -0.145. The number of rotatable bonds is 8. The molecule has 0 saturated carbocycles. The van der Waals surface area contributed by atoms with Crippen molar-refractivity contribution in [3.63, 3.8) is 0 Å². The van der Waals surface area contributed by atoms with E-state index in [4.69, 9.17) is 10.5 Å². The highest BCUT2D eigenvalue weighted by Gasteiger charge is 2.24. The van der Waals surface area contributed by atoms with E-state index in [1.165, 1.54) is 12.8 Å². The summed E-state index contributed by atoms with van der Waals surface area (Å²) in [4.78, 5) is 12.2. The number of ether oxygens (including phenoxy) is 1. The molecule has 4 heteroatoms. The third kappa shape index (κ3) is 4.82. The number of nitrogens with two attached hydrogens (primary N) is 1. The molecule has 0 spiro atoms. The average Bonchev–Trinajstić information content (AvgIpc) is 2.43. The first-order valence-electron chi connectivity index (χ1n) is 7.32. The average molecular weight is 342 g/mol. The minimum Gasteiger partial charge on any atom is -0.466 e. The maximum Gasteiger partial charge on any atom is 0.313 e. The van der Waals surface area contributed by atoms with E-state index in [9.17, 15) is 4.79 Å². The second-order valence-corrected chi connectivity index (χ2v) is 5.75. The van der Waals surface area contributed by atoms with Crippen molar-refractivity contribution in [1.82, 2.24) is 0 Å². The lowest BCUT2D eigenvalue weighted by atomic mass is 9.92. The topological polar surface area (TPSA) is 52.3 Å². The molecule has 0 aliphatic rings. The van der Waals surface area contributed by atoms with Crippen molar-refractivity contribution >= 4 is 27.6 Å². The fourth-order valence-corrected chi connectivity index (χ4v) is 2.66. The molecule has 3 nitrogen and oxygen atoms in total. The molecule has 112 valence electrons. The van der Waals surface area contributed by atoms with E-state index < -0.39 is 0 Å². The molecule has 0 saturated heterocycles. The zero-order chi connectivity index (χ0) is 15.0. The zero-order valence-corrected chi connectivity index (χ0v) is 13.9. The first-order chi connectivity index (χ1) is 9.61. The fourth-order valence-electron chi connectivity index (χ4n) is 2.28. The van der Waals surface area contributed by atoms with Gasteiger partial charge in [-0.25, -0.2) is 0 Å². The van der Waals surface area contributed by atoms with Gasteiger partial charge in [0.15, 0.2) is 0 Å². The van der Waals surface area contributed by atoms with Crippen LogP contribution in [-0.2, 0) is 9.53 Å². The molecule has 0 radical (unpaired) electrons. The van der Waals surface area contributed by atoms with Crippen molar-refractivity contribution in [1.29, 1.82) is 0 Å². The molecule has 0 fully saturated rings. The summed E-state index contributed by atoms with van der Waals surface area (Å²) in [6.45, 7) is 4.41. The van der Waals surface area contributed by atoms with Crippen LogP contribution in [0.5, 0.6) is 0 Å². The number of carbonyl (C=O) groups excluding carboxylic acids is 1.